The van der Waals surface area contributed by atoms with E-state index >= 15 is 0 Å². The fraction of sp³-hybridized carbons (Fsp3) is 0.235. The van der Waals surface area contributed by atoms with Crippen molar-refractivity contribution >= 4 is 23.0 Å². The summed E-state index contributed by atoms with van der Waals surface area (Å²) in [5.74, 6) is 0.634. The van der Waals surface area contributed by atoms with Gasteiger partial charge in [0.1, 0.15) is 5.75 Å². The van der Waals surface area contributed by atoms with E-state index in [4.69, 9.17) is 0 Å². The minimum Gasteiger partial charge on any atom is -0.506 e. The predicted octanol–water partition coefficient (Wildman–Crippen LogP) is 2.27. The summed E-state index contributed by atoms with van der Waals surface area (Å²) in [4.78, 5) is 19.6. The molecule has 2 aromatic heterocycles. The van der Waals surface area contributed by atoms with Gasteiger partial charge in [0.05, 0.1) is 11.9 Å². The van der Waals surface area contributed by atoms with Crippen molar-refractivity contribution in [2.24, 2.45) is 0 Å². The fourth-order valence-electron chi connectivity index (χ4n) is 3.24. The number of imidazole rings is 1. The molecule has 1 aromatic carbocycles. The lowest BCUT2D eigenvalue weighted by molar-refractivity contribution is -0.389. The number of para-hydroxylation sites is 2. The van der Waals surface area contributed by atoms with Crippen LogP contribution in [-0.4, -0.2) is 45.6 Å². The second kappa shape index (κ2) is 5.97. The van der Waals surface area contributed by atoms with E-state index in [0.29, 0.717) is 37.6 Å². The average molecular weight is 339 g/mol. The minimum atomic E-state index is -0.384. The maximum atomic E-state index is 11.5. The number of piperazine rings is 1. The Morgan fingerprint density at radius 3 is 2.40 bits per heavy atom. The van der Waals surface area contributed by atoms with Crippen LogP contribution in [0.15, 0.2) is 48.7 Å². The van der Waals surface area contributed by atoms with Gasteiger partial charge in [0.25, 0.3) is 0 Å². The Morgan fingerprint density at radius 1 is 1.00 bits per heavy atom. The van der Waals surface area contributed by atoms with E-state index in [1.165, 1.54) is 4.40 Å². The molecule has 0 bridgehead atoms. The van der Waals surface area contributed by atoms with Gasteiger partial charge in [-0.05, 0) is 23.1 Å². The normalized spacial score (nSPS) is 14.9. The summed E-state index contributed by atoms with van der Waals surface area (Å²) in [6.45, 7) is 2.50. The Kier molecular flexibility index (Phi) is 3.64. The molecular formula is C17H17N5O3. The number of nitro groups is 1. The summed E-state index contributed by atoms with van der Waals surface area (Å²) in [6.07, 6.45) is 1.65. The molecule has 8 nitrogen and oxygen atoms in total. The second-order valence-electron chi connectivity index (χ2n) is 5.91. The largest absolute Gasteiger partial charge is 0.506 e. The summed E-state index contributed by atoms with van der Waals surface area (Å²) in [6, 6.07) is 12.5. The monoisotopic (exact) mass is 339 g/mol. The van der Waals surface area contributed by atoms with Gasteiger partial charge in [-0.25, -0.2) is 0 Å². The number of benzene rings is 1. The van der Waals surface area contributed by atoms with Crippen molar-refractivity contribution in [1.29, 1.82) is 0 Å². The van der Waals surface area contributed by atoms with Gasteiger partial charge in [-0.15, -0.1) is 0 Å². The third-order valence-electron chi connectivity index (χ3n) is 4.46. The molecular weight excluding hydrogens is 322 g/mol. The number of aromatic nitrogens is 2. The van der Waals surface area contributed by atoms with Crippen molar-refractivity contribution in [1.82, 2.24) is 9.38 Å². The van der Waals surface area contributed by atoms with Gasteiger partial charge in [0, 0.05) is 32.2 Å². The minimum absolute atomic E-state index is 0.00777. The number of fused-ring (bicyclic) bond motifs is 1. The third-order valence-corrected chi connectivity index (χ3v) is 4.46. The van der Waals surface area contributed by atoms with E-state index in [2.05, 4.69) is 9.88 Å². The molecule has 4 rings (SSSR count). The van der Waals surface area contributed by atoms with Gasteiger partial charge in [-0.3, -0.25) is 0 Å². The smallest absolute Gasteiger partial charge is 0.372 e. The molecule has 0 aliphatic carbocycles. The molecule has 0 radical (unpaired) electrons. The van der Waals surface area contributed by atoms with Crippen LogP contribution in [0.3, 0.4) is 0 Å². The van der Waals surface area contributed by atoms with Crippen LogP contribution >= 0.6 is 0 Å². The van der Waals surface area contributed by atoms with E-state index in [9.17, 15) is 15.2 Å². The molecule has 8 heteroatoms. The highest BCUT2D eigenvalue weighted by molar-refractivity contribution is 5.65. The van der Waals surface area contributed by atoms with E-state index < -0.39 is 0 Å². The van der Waals surface area contributed by atoms with Crippen LogP contribution in [-0.2, 0) is 0 Å². The molecule has 0 atom stereocenters. The number of nitrogens with zero attached hydrogens (tertiary/aromatic N) is 5. The Labute approximate surface area is 143 Å². The highest BCUT2D eigenvalue weighted by atomic mass is 16.6. The first-order chi connectivity index (χ1) is 12.1. The molecule has 1 aliphatic rings. The number of anilines is 2. The summed E-state index contributed by atoms with van der Waals surface area (Å²) in [7, 11) is 0. The lowest BCUT2D eigenvalue weighted by atomic mass is 10.2. The van der Waals surface area contributed by atoms with Crippen molar-refractivity contribution in [2.45, 2.75) is 0 Å². The molecule has 0 saturated carbocycles. The highest BCUT2D eigenvalue weighted by Gasteiger charge is 2.29. The van der Waals surface area contributed by atoms with Crippen molar-refractivity contribution < 1.29 is 10.0 Å². The quantitative estimate of drug-likeness (QED) is 0.582. The van der Waals surface area contributed by atoms with Crippen LogP contribution in [0, 0.1) is 10.1 Å². The highest BCUT2D eigenvalue weighted by Crippen LogP contribution is 2.32. The number of pyridine rings is 1. The standard InChI is InChI=1S/C17H17N5O3/c23-14-6-2-1-5-13(14)19-9-11-20(12-10-19)16-17(22(24)25)21-8-4-3-7-15(21)18-16/h1-8,23H,9-12H2. The zero-order valence-corrected chi connectivity index (χ0v) is 13.4. The summed E-state index contributed by atoms with van der Waals surface area (Å²) < 4.78 is 1.50. The van der Waals surface area contributed by atoms with Crippen LogP contribution in [0.2, 0.25) is 0 Å². The average Bonchev–Trinajstić information content (AvgIpc) is 3.02. The molecule has 1 fully saturated rings. The maximum Gasteiger partial charge on any atom is 0.372 e. The Hall–Kier alpha value is -3.29. The van der Waals surface area contributed by atoms with Crippen LogP contribution in [0.5, 0.6) is 5.75 Å². The van der Waals surface area contributed by atoms with Gasteiger partial charge >= 0.3 is 5.82 Å². The lowest BCUT2D eigenvalue weighted by Gasteiger charge is -2.36. The number of hydrogen-bond donors (Lipinski definition) is 1. The molecule has 1 aliphatic heterocycles. The number of aromatic hydroxyl groups is 1. The maximum absolute atomic E-state index is 11.5. The van der Waals surface area contributed by atoms with Gasteiger partial charge in [-0.1, -0.05) is 18.2 Å². The summed E-state index contributed by atoms with van der Waals surface area (Å²) in [5.41, 5.74) is 1.35. The molecule has 0 spiro atoms. The zero-order chi connectivity index (χ0) is 17.4. The van der Waals surface area contributed by atoms with E-state index in [-0.39, 0.29) is 16.5 Å². The molecule has 3 heterocycles. The van der Waals surface area contributed by atoms with Crippen molar-refractivity contribution in [3.8, 4) is 5.75 Å². The topological polar surface area (TPSA) is 87.2 Å². The van der Waals surface area contributed by atoms with Crippen molar-refractivity contribution in [3.05, 3.63) is 58.8 Å². The van der Waals surface area contributed by atoms with Crippen LogP contribution < -0.4 is 9.80 Å². The summed E-state index contributed by atoms with van der Waals surface area (Å²) in [5, 5.41) is 21.5. The van der Waals surface area contributed by atoms with Crippen molar-refractivity contribution in [2.75, 3.05) is 36.0 Å². The number of phenolic OH excluding ortho intramolecular Hbond substituents is 1. The molecule has 1 N–H and O–H groups in total. The molecule has 128 valence electrons. The molecule has 25 heavy (non-hydrogen) atoms. The Balaban J connectivity index is 1.61. The summed E-state index contributed by atoms with van der Waals surface area (Å²) >= 11 is 0. The first kappa shape index (κ1) is 15.3. The number of rotatable bonds is 3. The van der Waals surface area contributed by atoms with E-state index in [0.717, 1.165) is 5.69 Å². The molecule has 0 amide bonds. The fourth-order valence-corrected chi connectivity index (χ4v) is 3.24. The van der Waals surface area contributed by atoms with Gasteiger partial charge in [0.15, 0.2) is 0 Å². The predicted molar refractivity (Wildman–Crippen MR) is 94.4 cm³/mol. The van der Waals surface area contributed by atoms with E-state index in [1.54, 1.807) is 30.5 Å². The second-order valence-corrected chi connectivity index (χ2v) is 5.91. The SMILES string of the molecule is O=[N+]([O-])c1c(N2CCN(c3ccccc3O)CC2)nc2ccccn12. The van der Waals surface area contributed by atoms with Gasteiger partial charge in [-0.2, -0.15) is 9.38 Å². The zero-order valence-electron chi connectivity index (χ0n) is 13.4. The Morgan fingerprint density at radius 2 is 1.68 bits per heavy atom. The van der Waals surface area contributed by atoms with E-state index in [1.807, 2.05) is 23.1 Å². The Bertz CT molecular complexity index is 931. The third kappa shape index (κ3) is 2.61. The molecule has 1 saturated heterocycles. The number of phenols is 1. The lowest BCUT2D eigenvalue weighted by Crippen LogP contribution is -2.46. The number of hydrogen-bond acceptors (Lipinski definition) is 6. The molecule has 3 aromatic rings. The molecule has 0 unspecified atom stereocenters. The van der Waals surface area contributed by atoms with Gasteiger partial charge < -0.3 is 25.0 Å². The van der Waals surface area contributed by atoms with Crippen LogP contribution in [0.25, 0.3) is 5.65 Å². The van der Waals surface area contributed by atoms with Crippen LogP contribution in [0.4, 0.5) is 17.3 Å². The van der Waals surface area contributed by atoms with Crippen molar-refractivity contribution in [3.63, 3.8) is 0 Å². The first-order valence-corrected chi connectivity index (χ1v) is 8.04. The van der Waals surface area contributed by atoms with Crippen LogP contribution in [0.1, 0.15) is 0 Å². The first-order valence-electron chi connectivity index (χ1n) is 8.04. The van der Waals surface area contributed by atoms with Gasteiger partial charge in [0.2, 0.25) is 11.5 Å².